The lowest BCUT2D eigenvalue weighted by Gasteiger charge is -2.03. The van der Waals surface area contributed by atoms with E-state index in [1.807, 2.05) is 6.08 Å². The van der Waals surface area contributed by atoms with E-state index in [1.165, 1.54) is 13.2 Å². The fourth-order valence-corrected chi connectivity index (χ4v) is 1.66. The molecule has 2 nitrogen and oxygen atoms in total. The van der Waals surface area contributed by atoms with Gasteiger partial charge >= 0.3 is 5.97 Å². The number of allylic oxidation sites excluding steroid dienone is 1. The molecule has 0 saturated heterocycles. The van der Waals surface area contributed by atoms with Crippen LogP contribution in [-0.2, 0) is 9.53 Å². The van der Waals surface area contributed by atoms with Gasteiger partial charge in [-0.2, -0.15) is 0 Å². The summed E-state index contributed by atoms with van der Waals surface area (Å²) in [6, 6.07) is 0. The van der Waals surface area contributed by atoms with Gasteiger partial charge in [0.15, 0.2) is 0 Å². The van der Waals surface area contributed by atoms with Crippen molar-refractivity contribution in [1.29, 1.82) is 0 Å². The number of rotatable bonds is 11. The van der Waals surface area contributed by atoms with Gasteiger partial charge in [-0.15, -0.1) is 0 Å². The molecular formula is C14H24F2O2. The van der Waals surface area contributed by atoms with Crippen molar-refractivity contribution < 1.29 is 18.3 Å². The van der Waals surface area contributed by atoms with Crippen LogP contribution < -0.4 is 0 Å². The van der Waals surface area contributed by atoms with Crippen molar-refractivity contribution in [2.75, 3.05) is 13.8 Å². The summed E-state index contributed by atoms with van der Waals surface area (Å²) in [5.41, 5.74) is 0. The molecule has 0 bridgehead atoms. The topological polar surface area (TPSA) is 26.3 Å². The second kappa shape index (κ2) is 12.5. The first kappa shape index (κ1) is 17.1. The van der Waals surface area contributed by atoms with Gasteiger partial charge in [0.25, 0.3) is 0 Å². The van der Waals surface area contributed by atoms with Crippen molar-refractivity contribution in [2.45, 2.75) is 57.5 Å². The largest absolute Gasteiger partial charge is 0.466 e. The van der Waals surface area contributed by atoms with Crippen LogP contribution in [0.3, 0.4) is 0 Å². The van der Waals surface area contributed by atoms with Gasteiger partial charge < -0.3 is 4.74 Å². The number of hydrogen-bond acceptors (Lipinski definition) is 2. The van der Waals surface area contributed by atoms with Crippen LogP contribution in [0.1, 0.15) is 51.4 Å². The van der Waals surface area contributed by atoms with Gasteiger partial charge in [-0.05, 0) is 19.3 Å². The van der Waals surface area contributed by atoms with Gasteiger partial charge in [0.2, 0.25) is 0 Å². The summed E-state index contributed by atoms with van der Waals surface area (Å²) in [5, 5.41) is 0. The molecule has 0 aliphatic heterocycles. The van der Waals surface area contributed by atoms with Gasteiger partial charge in [0.1, 0.15) is 12.8 Å². The first-order chi connectivity index (χ1) is 8.70. The predicted octanol–water partition coefficient (Wildman–Crippen LogP) is 4.14. The zero-order valence-electron chi connectivity index (χ0n) is 11.2. The summed E-state index contributed by atoms with van der Waals surface area (Å²) in [4.78, 5) is 10.7. The molecule has 106 valence electrons. The minimum Gasteiger partial charge on any atom is -0.466 e. The molecule has 0 N–H and O–H groups in total. The van der Waals surface area contributed by atoms with Gasteiger partial charge in [-0.1, -0.05) is 38.2 Å². The first-order valence-electron chi connectivity index (χ1n) is 6.65. The molecule has 1 unspecified atom stereocenters. The van der Waals surface area contributed by atoms with E-state index >= 15 is 0 Å². The Morgan fingerprint density at radius 2 is 1.78 bits per heavy atom. The Morgan fingerprint density at radius 1 is 1.17 bits per heavy atom. The van der Waals surface area contributed by atoms with E-state index in [4.69, 9.17) is 0 Å². The van der Waals surface area contributed by atoms with Crippen molar-refractivity contribution in [3.8, 4) is 0 Å². The van der Waals surface area contributed by atoms with Crippen LogP contribution in [0.2, 0.25) is 0 Å². The summed E-state index contributed by atoms with van der Waals surface area (Å²) in [7, 11) is 1.36. The number of methoxy groups -OCH3 is 1. The van der Waals surface area contributed by atoms with Crippen LogP contribution >= 0.6 is 0 Å². The second-order valence-electron chi connectivity index (χ2n) is 4.38. The molecule has 0 radical (unpaired) electrons. The van der Waals surface area contributed by atoms with Gasteiger partial charge in [0, 0.05) is 6.08 Å². The standard InChI is InChI=1S/C14H24F2O2/c1-18-14(17)11-9-7-5-3-2-4-6-8-10-13(16)12-15/h9,11,13H,2-8,10,12H2,1H3/b11-9+. The molecule has 0 aromatic carbocycles. The lowest BCUT2D eigenvalue weighted by molar-refractivity contribution is -0.134. The number of unbranched alkanes of at least 4 members (excludes halogenated alkanes) is 6. The molecule has 0 aromatic heterocycles. The van der Waals surface area contributed by atoms with Crippen molar-refractivity contribution in [1.82, 2.24) is 0 Å². The minimum atomic E-state index is -1.27. The van der Waals surface area contributed by atoms with Gasteiger partial charge in [0.05, 0.1) is 7.11 Å². The molecule has 0 heterocycles. The van der Waals surface area contributed by atoms with Crippen molar-refractivity contribution >= 4 is 5.97 Å². The molecule has 0 aliphatic rings. The highest BCUT2D eigenvalue weighted by Crippen LogP contribution is 2.11. The fourth-order valence-electron chi connectivity index (χ4n) is 1.66. The SMILES string of the molecule is COC(=O)/C=C/CCCCCCCCC(F)CF. The molecule has 0 aliphatic carbocycles. The van der Waals surface area contributed by atoms with Crippen LogP contribution in [0.25, 0.3) is 0 Å². The molecule has 1 atom stereocenters. The lowest BCUT2D eigenvalue weighted by atomic mass is 10.1. The maximum absolute atomic E-state index is 12.5. The van der Waals surface area contributed by atoms with E-state index in [1.54, 1.807) is 0 Å². The van der Waals surface area contributed by atoms with E-state index in [0.717, 1.165) is 44.9 Å². The third-order valence-corrected chi connectivity index (χ3v) is 2.76. The van der Waals surface area contributed by atoms with Crippen LogP contribution in [-0.4, -0.2) is 25.9 Å². The molecule has 0 fully saturated rings. The maximum Gasteiger partial charge on any atom is 0.330 e. The third-order valence-electron chi connectivity index (χ3n) is 2.76. The molecular weight excluding hydrogens is 238 g/mol. The number of carbonyl (C=O) groups is 1. The number of esters is 1. The van der Waals surface area contributed by atoms with Gasteiger partial charge in [-0.3, -0.25) is 0 Å². The molecule has 4 heteroatoms. The summed E-state index contributed by atoms with van der Waals surface area (Å²) in [6.07, 6.45) is 9.29. The van der Waals surface area contributed by atoms with Crippen LogP contribution in [0.4, 0.5) is 8.78 Å². The average Bonchev–Trinajstić information content (AvgIpc) is 2.40. The maximum atomic E-state index is 12.5. The molecule has 0 rings (SSSR count). The zero-order valence-corrected chi connectivity index (χ0v) is 11.2. The van der Waals surface area contributed by atoms with Crippen molar-refractivity contribution in [3.63, 3.8) is 0 Å². The first-order valence-corrected chi connectivity index (χ1v) is 6.65. The zero-order chi connectivity index (χ0) is 13.6. The molecule has 0 aromatic rings. The van der Waals surface area contributed by atoms with Crippen molar-refractivity contribution in [3.05, 3.63) is 12.2 Å². The van der Waals surface area contributed by atoms with E-state index in [2.05, 4.69) is 4.74 Å². The van der Waals surface area contributed by atoms with E-state index in [0.29, 0.717) is 6.42 Å². The predicted molar refractivity (Wildman–Crippen MR) is 69.0 cm³/mol. The smallest absolute Gasteiger partial charge is 0.330 e. The number of carbonyl (C=O) groups excluding carboxylic acids is 1. The Bertz CT molecular complexity index is 230. The highest BCUT2D eigenvalue weighted by Gasteiger charge is 2.03. The fraction of sp³-hybridized carbons (Fsp3) is 0.786. The number of hydrogen-bond donors (Lipinski definition) is 0. The Kier molecular flexibility index (Phi) is 11.9. The molecule has 0 saturated carbocycles. The highest BCUT2D eigenvalue weighted by molar-refractivity contribution is 5.81. The highest BCUT2D eigenvalue weighted by atomic mass is 19.2. The lowest BCUT2D eigenvalue weighted by Crippen LogP contribution is -2.01. The normalized spacial score (nSPS) is 12.8. The third kappa shape index (κ3) is 11.6. The Labute approximate surface area is 108 Å². The summed E-state index contributed by atoms with van der Waals surface area (Å²) in [6.45, 7) is -0.855. The molecule has 18 heavy (non-hydrogen) atoms. The molecule has 0 amide bonds. The Balaban J connectivity index is 3.17. The average molecular weight is 262 g/mol. The second-order valence-corrected chi connectivity index (χ2v) is 4.38. The summed E-state index contributed by atoms with van der Waals surface area (Å²) in [5.74, 6) is -0.316. The van der Waals surface area contributed by atoms with Crippen LogP contribution in [0, 0.1) is 0 Å². The van der Waals surface area contributed by atoms with Crippen molar-refractivity contribution in [2.24, 2.45) is 0 Å². The minimum absolute atomic E-state index is 0.316. The monoisotopic (exact) mass is 262 g/mol. The summed E-state index contributed by atoms with van der Waals surface area (Å²) >= 11 is 0. The molecule has 0 spiro atoms. The number of ether oxygens (including phenoxy) is 1. The van der Waals surface area contributed by atoms with Crippen LogP contribution in [0.5, 0.6) is 0 Å². The van der Waals surface area contributed by atoms with E-state index in [-0.39, 0.29) is 5.97 Å². The van der Waals surface area contributed by atoms with E-state index < -0.39 is 12.8 Å². The Morgan fingerprint density at radius 3 is 2.39 bits per heavy atom. The Hall–Kier alpha value is -0.930. The number of halogens is 2. The van der Waals surface area contributed by atoms with Crippen LogP contribution in [0.15, 0.2) is 12.2 Å². The summed E-state index contributed by atoms with van der Waals surface area (Å²) < 4.78 is 28.8. The van der Waals surface area contributed by atoms with Gasteiger partial charge in [-0.25, -0.2) is 13.6 Å². The van der Waals surface area contributed by atoms with E-state index in [9.17, 15) is 13.6 Å². The number of alkyl halides is 2. The quantitative estimate of drug-likeness (QED) is 0.318.